The average Bonchev–Trinajstić information content (AvgIpc) is 2.52. The Morgan fingerprint density at radius 2 is 1.65 bits per heavy atom. The van der Waals surface area contributed by atoms with E-state index < -0.39 is 5.79 Å². The van der Waals surface area contributed by atoms with Crippen LogP contribution < -0.4 is 0 Å². The number of hydrogen-bond acceptors (Lipinski definition) is 3. The maximum absolute atomic E-state index is 12.7. The van der Waals surface area contributed by atoms with Gasteiger partial charge in [-0.15, -0.1) is 0 Å². The summed E-state index contributed by atoms with van der Waals surface area (Å²) in [5.74, 6) is -0.417. The summed E-state index contributed by atoms with van der Waals surface area (Å²) < 4.78 is 11.5. The molecule has 0 N–H and O–H groups in total. The minimum atomic E-state index is -0.506. The predicted octanol–water partition coefficient (Wildman–Crippen LogP) is 3.06. The second-order valence-corrected chi connectivity index (χ2v) is 7.20. The molecule has 2 aromatic rings. The first-order valence-corrected chi connectivity index (χ1v) is 8.03. The van der Waals surface area contributed by atoms with Crippen molar-refractivity contribution >= 4 is 16.7 Å². The average molecular weight is 311 g/mol. The van der Waals surface area contributed by atoms with Crippen LogP contribution in [0.3, 0.4) is 0 Å². The topological polar surface area (TPSA) is 38.8 Å². The molecule has 0 aromatic heterocycles. The van der Waals surface area contributed by atoms with Crippen LogP contribution in [0, 0.1) is 5.41 Å². The van der Waals surface area contributed by atoms with Gasteiger partial charge < -0.3 is 14.4 Å². The fourth-order valence-corrected chi connectivity index (χ4v) is 3.33. The number of carbonyl (C=O) groups is 1. The van der Waals surface area contributed by atoms with Gasteiger partial charge in [-0.05, 0) is 36.8 Å². The van der Waals surface area contributed by atoms with E-state index in [1.54, 1.807) is 0 Å². The Morgan fingerprint density at radius 3 is 2.35 bits per heavy atom. The summed E-state index contributed by atoms with van der Waals surface area (Å²) in [6, 6.07) is 14.0. The summed E-state index contributed by atoms with van der Waals surface area (Å²) in [5, 5.41) is 2.25. The van der Waals surface area contributed by atoms with E-state index in [2.05, 4.69) is 6.07 Å². The molecule has 1 amide bonds. The number of rotatable bonds is 1. The van der Waals surface area contributed by atoms with Crippen molar-refractivity contribution in [3.63, 3.8) is 0 Å². The molecule has 0 saturated carbocycles. The summed E-state index contributed by atoms with van der Waals surface area (Å²) in [6.45, 7) is 6.57. The summed E-state index contributed by atoms with van der Waals surface area (Å²) >= 11 is 0. The molecular formula is C19H21NO3. The minimum Gasteiger partial charge on any atom is -0.350 e. The zero-order valence-corrected chi connectivity index (χ0v) is 13.5. The maximum Gasteiger partial charge on any atom is 0.253 e. The molecule has 0 aliphatic carbocycles. The Kier molecular flexibility index (Phi) is 3.22. The van der Waals surface area contributed by atoms with E-state index in [9.17, 15) is 4.79 Å². The van der Waals surface area contributed by atoms with E-state index in [1.165, 1.54) is 0 Å². The summed E-state index contributed by atoms with van der Waals surface area (Å²) in [5.41, 5.74) is 0.721. The molecule has 4 rings (SSSR count). The molecule has 2 heterocycles. The molecule has 2 aromatic carbocycles. The van der Waals surface area contributed by atoms with Gasteiger partial charge in [0.1, 0.15) is 0 Å². The van der Waals surface area contributed by atoms with Crippen molar-refractivity contribution < 1.29 is 14.3 Å². The first kappa shape index (κ1) is 14.7. The van der Waals surface area contributed by atoms with E-state index in [4.69, 9.17) is 9.47 Å². The van der Waals surface area contributed by atoms with Crippen molar-refractivity contribution in [3.05, 3.63) is 48.0 Å². The van der Waals surface area contributed by atoms with Crippen molar-refractivity contribution in [2.24, 2.45) is 5.41 Å². The van der Waals surface area contributed by atoms with Gasteiger partial charge in [-0.1, -0.05) is 30.3 Å². The van der Waals surface area contributed by atoms with E-state index in [0.29, 0.717) is 26.3 Å². The zero-order chi connectivity index (χ0) is 16.1. The number of likely N-dealkylation sites (tertiary alicyclic amines) is 1. The van der Waals surface area contributed by atoms with E-state index >= 15 is 0 Å². The highest BCUT2D eigenvalue weighted by atomic mass is 16.7. The second kappa shape index (κ2) is 5.05. The van der Waals surface area contributed by atoms with Gasteiger partial charge in [0.2, 0.25) is 0 Å². The summed E-state index contributed by atoms with van der Waals surface area (Å²) in [6.07, 6.45) is 0. The van der Waals surface area contributed by atoms with Crippen molar-refractivity contribution in [2.75, 3.05) is 26.3 Å². The van der Waals surface area contributed by atoms with Crippen LogP contribution in [0.25, 0.3) is 10.8 Å². The van der Waals surface area contributed by atoms with Crippen molar-refractivity contribution in [1.29, 1.82) is 0 Å². The Morgan fingerprint density at radius 1 is 1.00 bits per heavy atom. The zero-order valence-electron chi connectivity index (χ0n) is 13.5. The highest BCUT2D eigenvalue weighted by Crippen LogP contribution is 2.38. The van der Waals surface area contributed by atoms with E-state index in [1.807, 2.05) is 55.1 Å². The number of carbonyl (C=O) groups excluding carboxylic acids is 1. The number of benzene rings is 2. The Bertz CT molecular complexity index is 750. The van der Waals surface area contributed by atoms with Crippen LogP contribution in [0.2, 0.25) is 0 Å². The predicted molar refractivity (Wildman–Crippen MR) is 88.3 cm³/mol. The lowest BCUT2D eigenvalue weighted by atomic mass is 9.80. The first-order chi connectivity index (χ1) is 11.0. The standard InChI is InChI=1S/C19H21NO3/c1-18(2)22-12-19(13-23-18)10-20(11-19)17(21)16-8-7-14-5-3-4-6-15(14)9-16/h3-9H,10-13H2,1-2H3. The van der Waals surface area contributed by atoms with Gasteiger partial charge >= 0.3 is 0 Å². The van der Waals surface area contributed by atoms with Crippen LogP contribution >= 0.6 is 0 Å². The number of hydrogen-bond donors (Lipinski definition) is 0. The molecule has 2 aliphatic heterocycles. The lowest BCUT2D eigenvalue weighted by Gasteiger charge is -2.54. The number of fused-ring (bicyclic) bond motifs is 1. The molecule has 0 bridgehead atoms. The molecule has 0 radical (unpaired) electrons. The third kappa shape index (κ3) is 2.62. The monoisotopic (exact) mass is 311 g/mol. The highest BCUT2D eigenvalue weighted by molar-refractivity contribution is 5.99. The molecule has 2 fully saturated rings. The Labute approximate surface area is 136 Å². The van der Waals surface area contributed by atoms with Crippen LogP contribution in [0.5, 0.6) is 0 Å². The van der Waals surface area contributed by atoms with Crippen molar-refractivity contribution in [3.8, 4) is 0 Å². The summed E-state index contributed by atoms with van der Waals surface area (Å²) in [4.78, 5) is 14.6. The second-order valence-electron chi connectivity index (χ2n) is 7.20. The lowest BCUT2D eigenvalue weighted by Crippen LogP contribution is -2.65. The van der Waals surface area contributed by atoms with Gasteiger partial charge in [0, 0.05) is 18.7 Å². The van der Waals surface area contributed by atoms with Crippen LogP contribution in [0.15, 0.2) is 42.5 Å². The largest absolute Gasteiger partial charge is 0.350 e. The number of nitrogens with zero attached hydrogens (tertiary/aromatic N) is 1. The number of ether oxygens (including phenoxy) is 2. The molecule has 120 valence electrons. The molecule has 2 saturated heterocycles. The van der Waals surface area contributed by atoms with Crippen LogP contribution in [-0.4, -0.2) is 42.9 Å². The van der Waals surface area contributed by atoms with Gasteiger partial charge in [0.15, 0.2) is 5.79 Å². The molecule has 0 atom stereocenters. The van der Waals surface area contributed by atoms with Crippen molar-refractivity contribution in [2.45, 2.75) is 19.6 Å². The van der Waals surface area contributed by atoms with Gasteiger partial charge in [-0.25, -0.2) is 0 Å². The third-order valence-corrected chi connectivity index (χ3v) is 4.79. The van der Waals surface area contributed by atoms with E-state index in [0.717, 1.165) is 16.3 Å². The highest BCUT2D eigenvalue weighted by Gasteiger charge is 2.50. The quantitative estimate of drug-likeness (QED) is 0.812. The van der Waals surface area contributed by atoms with Crippen LogP contribution in [0.1, 0.15) is 24.2 Å². The van der Waals surface area contributed by atoms with Gasteiger partial charge in [0.25, 0.3) is 5.91 Å². The summed E-state index contributed by atoms with van der Waals surface area (Å²) in [7, 11) is 0. The smallest absolute Gasteiger partial charge is 0.253 e. The molecule has 2 aliphatic rings. The normalized spacial score (nSPS) is 22.1. The fourth-order valence-electron chi connectivity index (χ4n) is 3.33. The fraction of sp³-hybridized carbons (Fsp3) is 0.421. The van der Waals surface area contributed by atoms with Crippen LogP contribution in [-0.2, 0) is 9.47 Å². The first-order valence-electron chi connectivity index (χ1n) is 8.03. The molecule has 23 heavy (non-hydrogen) atoms. The third-order valence-electron chi connectivity index (χ3n) is 4.79. The number of amides is 1. The Hall–Kier alpha value is -1.91. The molecular weight excluding hydrogens is 290 g/mol. The molecule has 4 nitrogen and oxygen atoms in total. The Balaban J connectivity index is 1.46. The SMILES string of the molecule is CC1(C)OCC2(CO1)CN(C(=O)c1ccc3ccccc3c1)C2. The van der Waals surface area contributed by atoms with Crippen LogP contribution in [0.4, 0.5) is 0 Å². The lowest BCUT2D eigenvalue weighted by molar-refractivity contribution is -0.301. The van der Waals surface area contributed by atoms with Gasteiger partial charge in [-0.3, -0.25) is 4.79 Å². The minimum absolute atomic E-state index is 0.0258. The maximum atomic E-state index is 12.7. The molecule has 4 heteroatoms. The van der Waals surface area contributed by atoms with Gasteiger partial charge in [-0.2, -0.15) is 0 Å². The molecule has 1 spiro atoms. The van der Waals surface area contributed by atoms with Crippen molar-refractivity contribution in [1.82, 2.24) is 4.90 Å². The van der Waals surface area contributed by atoms with E-state index in [-0.39, 0.29) is 11.3 Å². The molecule has 0 unspecified atom stereocenters. The van der Waals surface area contributed by atoms with Gasteiger partial charge in [0.05, 0.1) is 18.6 Å².